The Morgan fingerprint density at radius 1 is 1.16 bits per heavy atom. The number of nitrogens with zero attached hydrogens (tertiary/aromatic N) is 3. The van der Waals surface area contributed by atoms with Crippen molar-refractivity contribution in [3.05, 3.63) is 72.1 Å². The van der Waals surface area contributed by atoms with E-state index in [2.05, 4.69) is 25.9 Å². The van der Waals surface area contributed by atoms with Gasteiger partial charge in [0.15, 0.2) is 5.16 Å². The van der Waals surface area contributed by atoms with Gasteiger partial charge in [-0.05, 0) is 66.2 Å². The van der Waals surface area contributed by atoms with E-state index in [4.69, 9.17) is 0 Å². The maximum atomic E-state index is 12.4. The smallest absolute Gasteiger partial charge is 0.319 e. The van der Waals surface area contributed by atoms with E-state index < -0.39 is 0 Å². The number of aryl methyl sites for hydroxylation is 1. The summed E-state index contributed by atoms with van der Waals surface area (Å²) in [7, 11) is 0. The van der Waals surface area contributed by atoms with Gasteiger partial charge in [-0.1, -0.05) is 12.1 Å². The number of hydrogen-bond donors (Lipinski definition) is 3. The number of carbonyl (C=O) groups excluding carboxylic acids is 2. The fourth-order valence-corrected chi connectivity index (χ4v) is 4.13. The quantitative estimate of drug-likeness (QED) is 0.501. The summed E-state index contributed by atoms with van der Waals surface area (Å²) < 4.78 is 0. The van der Waals surface area contributed by atoms with Gasteiger partial charge < -0.3 is 20.9 Å². The first-order valence-electron chi connectivity index (χ1n) is 10.3. The zero-order valence-electron chi connectivity index (χ0n) is 17.7. The Morgan fingerprint density at radius 3 is 2.66 bits per heavy atom. The molecular weight excluding hydrogens is 424 g/mol. The van der Waals surface area contributed by atoms with Crippen molar-refractivity contribution in [3.63, 3.8) is 0 Å². The fourth-order valence-electron chi connectivity index (χ4n) is 3.32. The maximum Gasteiger partial charge on any atom is 0.319 e. The summed E-state index contributed by atoms with van der Waals surface area (Å²) in [5, 5.41) is 9.28. The van der Waals surface area contributed by atoms with Crippen molar-refractivity contribution >= 4 is 35.1 Å². The van der Waals surface area contributed by atoms with Crippen molar-refractivity contribution in [1.29, 1.82) is 0 Å². The Hall–Kier alpha value is -3.59. The third kappa shape index (κ3) is 5.76. The number of amides is 3. The Morgan fingerprint density at radius 2 is 1.94 bits per heavy atom. The van der Waals surface area contributed by atoms with E-state index in [9.17, 15) is 9.59 Å². The SMILES string of the molecule is Cc1cc(Sc2ncccn2)ccc1NC(=O)NCc1ccc(N2CCNC(=O)C2)cc1. The van der Waals surface area contributed by atoms with Gasteiger partial charge in [0, 0.05) is 48.3 Å². The minimum atomic E-state index is -0.267. The summed E-state index contributed by atoms with van der Waals surface area (Å²) in [4.78, 5) is 35.4. The molecule has 164 valence electrons. The highest BCUT2D eigenvalue weighted by Crippen LogP contribution is 2.27. The van der Waals surface area contributed by atoms with Crippen molar-refractivity contribution in [1.82, 2.24) is 20.6 Å². The number of hydrogen-bond acceptors (Lipinski definition) is 6. The van der Waals surface area contributed by atoms with Gasteiger partial charge in [-0.2, -0.15) is 0 Å². The molecule has 1 aliphatic heterocycles. The summed E-state index contributed by atoms with van der Waals surface area (Å²) >= 11 is 1.47. The second-order valence-corrected chi connectivity index (χ2v) is 8.40. The minimum absolute atomic E-state index is 0.0361. The second-order valence-electron chi connectivity index (χ2n) is 7.36. The van der Waals surface area contributed by atoms with Crippen molar-refractivity contribution < 1.29 is 9.59 Å². The second kappa shape index (κ2) is 10.1. The lowest BCUT2D eigenvalue weighted by molar-refractivity contribution is -0.120. The molecule has 32 heavy (non-hydrogen) atoms. The Labute approximate surface area is 190 Å². The van der Waals surface area contributed by atoms with Crippen LogP contribution in [0.2, 0.25) is 0 Å². The molecule has 1 fully saturated rings. The van der Waals surface area contributed by atoms with E-state index in [0.717, 1.165) is 33.9 Å². The van der Waals surface area contributed by atoms with Crippen LogP contribution in [0, 0.1) is 6.92 Å². The largest absolute Gasteiger partial charge is 0.360 e. The van der Waals surface area contributed by atoms with E-state index in [1.165, 1.54) is 11.8 Å². The van der Waals surface area contributed by atoms with Crippen molar-refractivity contribution in [3.8, 4) is 0 Å². The van der Waals surface area contributed by atoms with Crippen LogP contribution >= 0.6 is 11.8 Å². The molecule has 0 spiro atoms. The summed E-state index contributed by atoms with van der Waals surface area (Å²) in [6, 6.07) is 15.2. The molecule has 1 aromatic heterocycles. The van der Waals surface area contributed by atoms with Gasteiger partial charge in [0.1, 0.15) is 0 Å². The summed E-state index contributed by atoms with van der Waals surface area (Å²) in [5.41, 5.74) is 3.69. The summed E-state index contributed by atoms with van der Waals surface area (Å²) in [6.07, 6.45) is 3.42. The molecule has 8 nitrogen and oxygen atoms in total. The van der Waals surface area contributed by atoms with Crippen LogP contribution in [0.3, 0.4) is 0 Å². The lowest BCUT2D eigenvalue weighted by Crippen LogP contribution is -2.47. The van der Waals surface area contributed by atoms with E-state index in [1.807, 2.05) is 54.3 Å². The molecule has 1 aliphatic rings. The first-order chi connectivity index (χ1) is 15.6. The number of anilines is 2. The third-order valence-electron chi connectivity index (χ3n) is 4.99. The standard InChI is InChI=1S/C23H24N6O2S/c1-16-13-19(32-23-25-9-2-10-26-23)7-8-20(16)28-22(31)27-14-17-3-5-18(6-4-17)29-12-11-24-21(30)15-29/h2-10,13H,11-12,14-15H2,1H3,(H,24,30)(H2,27,28,31). The normalized spacial score (nSPS) is 13.4. The van der Waals surface area contributed by atoms with Crippen LogP contribution in [0.1, 0.15) is 11.1 Å². The zero-order valence-corrected chi connectivity index (χ0v) is 18.5. The Bertz CT molecular complexity index is 1090. The number of piperazine rings is 1. The molecule has 3 amide bonds. The molecule has 1 saturated heterocycles. The van der Waals surface area contributed by atoms with Crippen LogP contribution < -0.4 is 20.9 Å². The highest BCUT2D eigenvalue weighted by molar-refractivity contribution is 7.99. The monoisotopic (exact) mass is 448 g/mol. The maximum absolute atomic E-state index is 12.4. The molecule has 4 rings (SSSR count). The van der Waals surface area contributed by atoms with E-state index in [1.54, 1.807) is 18.5 Å². The van der Waals surface area contributed by atoms with Crippen molar-refractivity contribution in [2.24, 2.45) is 0 Å². The molecule has 0 atom stereocenters. The molecule has 0 bridgehead atoms. The molecule has 3 aromatic rings. The molecule has 2 heterocycles. The molecule has 0 radical (unpaired) electrons. The fraction of sp³-hybridized carbons (Fsp3) is 0.217. The van der Waals surface area contributed by atoms with Crippen LogP contribution in [0.15, 0.2) is 71.0 Å². The van der Waals surface area contributed by atoms with Crippen LogP contribution in [0.4, 0.5) is 16.2 Å². The third-order valence-corrected chi connectivity index (χ3v) is 5.87. The molecule has 0 unspecified atom stereocenters. The zero-order chi connectivity index (χ0) is 22.3. The average molecular weight is 449 g/mol. The van der Waals surface area contributed by atoms with Crippen LogP contribution in [-0.4, -0.2) is 41.5 Å². The van der Waals surface area contributed by atoms with Gasteiger partial charge in [-0.3, -0.25) is 4.79 Å². The molecule has 9 heteroatoms. The van der Waals surface area contributed by atoms with Gasteiger partial charge in [0.05, 0.1) is 6.54 Å². The number of nitrogens with one attached hydrogen (secondary N) is 3. The van der Waals surface area contributed by atoms with Gasteiger partial charge in [0.2, 0.25) is 5.91 Å². The molecule has 0 saturated carbocycles. The molecule has 2 aromatic carbocycles. The molecule has 0 aliphatic carbocycles. The highest BCUT2D eigenvalue weighted by Gasteiger charge is 2.16. The first-order valence-corrected chi connectivity index (χ1v) is 11.1. The summed E-state index contributed by atoms with van der Waals surface area (Å²) in [5.74, 6) is 0.0361. The van der Waals surface area contributed by atoms with Gasteiger partial charge in [-0.15, -0.1) is 0 Å². The minimum Gasteiger partial charge on any atom is -0.360 e. The topological polar surface area (TPSA) is 99.2 Å². The van der Waals surface area contributed by atoms with Crippen LogP contribution in [0.25, 0.3) is 0 Å². The lowest BCUT2D eigenvalue weighted by atomic mass is 10.2. The van der Waals surface area contributed by atoms with Crippen molar-refractivity contribution in [2.75, 3.05) is 29.9 Å². The molecule has 3 N–H and O–H groups in total. The lowest BCUT2D eigenvalue weighted by Gasteiger charge is -2.28. The van der Waals surface area contributed by atoms with Crippen LogP contribution in [0.5, 0.6) is 0 Å². The van der Waals surface area contributed by atoms with Gasteiger partial charge >= 0.3 is 6.03 Å². The Kier molecular flexibility index (Phi) is 6.86. The van der Waals surface area contributed by atoms with Gasteiger partial charge in [0.25, 0.3) is 0 Å². The first kappa shape index (κ1) is 21.6. The number of urea groups is 1. The molecular formula is C23H24N6O2S. The average Bonchev–Trinajstić information content (AvgIpc) is 2.80. The predicted octanol–water partition coefficient (Wildman–Crippen LogP) is 3.19. The van der Waals surface area contributed by atoms with E-state index in [-0.39, 0.29) is 11.9 Å². The predicted molar refractivity (Wildman–Crippen MR) is 125 cm³/mol. The summed E-state index contributed by atoms with van der Waals surface area (Å²) in [6.45, 7) is 4.17. The number of rotatable bonds is 6. The number of carbonyl (C=O) groups is 2. The Balaban J connectivity index is 1.28. The van der Waals surface area contributed by atoms with Gasteiger partial charge in [-0.25, -0.2) is 14.8 Å². The highest BCUT2D eigenvalue weighted by atomic mass is 32.2. The van der Waals surface area contributed by atoms with E-state index in [0.29, 0.717) is 24.8 Å². The van der Waals surface area contributed by atoms with E-state index >= 15 is 0 Å². The number of aromatic nitrogens is 2. The number of benzene rings is 2. The van der Waals surface area contributed by atoms with Crippen molar-refractivity contribution in [2.45, 2.75) is 23.5 Å². The van der Waals surface area contributed by atoms with Crippen LogP contribution in [-0.2, 0) is 11.3 Å².